The smallest absolute Gasteiger partial charge is 0.378 e. The van der Waals surface area contributed by atoms with E-state index in [1.54, 1.807) is 20.8 Å². The first-order valence-electron chi connectivity index (χ1n) is 7.12. The Morgan fingerprint density at radius 1 is 1.11 bits per heavy atom. The minimum absolute atomic E-state index is 0.0473. The summed E-state index contributed by atoms with van der Waals surface area (Å²) >= 11 is 0. The minimum Gasteiger partial charge on any atom is -0.454 e. The lowest BCUT2D eigenvalue weighted by molar-refractivity contribution is -0.216. The van der Waals surface area contributed by atoms with E-state index in [4.69, 9.17) is 9.99 Å². The third-order valence-electron chi connectivity index (χ3n) is 2.76. The van der Waals surface area contributed by atoms with Crippen molar-refractivity contribution in [3.63, 3.8) is 0 Å². The second kappa shape index (κ2) is 8.97. The maximum Gasteiger partial charge on any atom is 0.378 e. The van der Waals surface area contributed by atoms with Crippen molar-refractivity contribution in [1.82, 2.24) is 0 Å². The molecule has 4 heteroatoms. The molecule has 0 aromatic heterocycles. The van der Waals surface area contributed by atoms with E-state index < -0.39 is 11.6 Å². The Hall–Kier alpha value is -1.03. The summed E-state index contributed by atoms with van der Waals surface area (Å²) in [6, 6.07) is 0. The monoisotopic (exact) mass is 272 g/mol. The molecule has 1 N–H and O–H groups in total. The van der Waals surface area contributed by atoms with Gasteiger partial charge in [0, 0.05) is 0 Å². The Bertz CT molecular complexity index is 300. The molecule has 0 amide bonds. The maximum atomic E-state index is 11.9. The molecule has 0 spiro atoms. The van der Waals surface area contributed by atoms with Gasteiger partial charge in [-0.2, -0.15) is 0 Å². The summed E-state index contributed by atoms with van der Waals surface area (Å²) in [5, 5.41) is 8.94. The van der Waals surface area contributed by atoms with Crippen LogP contribution in [0.5, 0.6) is 0 Å². The van der Waals surface area contributed by atoms with Gasteiger partial charge in [0.2, 0.25) is 5.76 Å². The number of unbranched alkanes of at least 4 members (excludes halogenated alkanes) is 3. The number of allylic oxidation sites excluding steroid dienone is 1. The van der Waals surface area contributed by atoms with Crippen molar-refractivity contribution in [3.8, 4) is 0 Å². The number of carbonyl (C=O) groups is 1. The number of carbonyl (C=O) groups excluding carboxylic acids is 1. The van der Waals surface area contributed by atoms with Crippen molar-refractivity contribution < 1.29 is 19.7 Å². The van der Waals surface area contributed by atoms with Crippen LogP contribution < -0.4 is 0 Å². The lowest BCUT2D eigenvalue weighted by atomic mass is 10.0. The van der Waals surface area contributed by atoms with Crippen LogP contribution in [0.25, 0.3) is 0 Å². The van der Waals surface area contributed by atoms with Gasteiger partial charge in [0.25, 0.3) is 0 Å². The van der Waals surface area contributed by atoms with Gasteiger partial charge in [-0.15, -0.1) is 0 Å². The van der Waals surface area contributed by atoms with E-state index in [1.165, 1.54) is 12.8 Å². The van der Waals surface area contributed by atoms with Gasteiger partial charge >= 0.3 is 5.97 Å². The molecule has 0 aromatic carbocycles. The zero-order valence-corrected chi connectivity index (χ0v) is 12.9. The normalized spacial score (nSPS) is 12.9. The first-order chi connectivity index (χ1) is 8.85. The Labute approximate surface area is 116 Å². The summed E-state index contributed by atoms with van der Waals surface area (Å²) in [5.41, 5.74) is 0.218. The molecule has 0 bridgehead atoms. The van der Waals surface area contributed by atoms with Gasteiger partial charge < -0.3 is 9.62 Å². The largest absolute Gasteiger partial charge is 0.454 e. The number of rotatable bonds is 8. The Morgan fingerprint density at radius 3 is 2.16 bits per heavy atom. The predicted molar refractivity (Wildman–Crippen MR) is 75.6 cm³/mol. The van der Waals surface area contributed by atoms with Crippen molar-refractivity contribution in [3.05, 3.63) is 11.3 Å². The molecule has 0 saturated heterocycles. The molecule has 0 aliphatic carbocycles. The highest BCUT2D eigenvalue weighted by Crippen LogP contribution is 2.21. The SMILES string of the molecule is CCCCCCC(CC)=C(OO)C(=O)OC(C)(C)C. The molecule has 4 nitrogen and oxygen atoms in total. The molecule has 0 rings (SSSR count). The molecule has 0 fully saturated rings. The number of esters is 1. The van der Waals surface area contributed by atoms with Crippen molar-refractivity contribution >= 4 is 5.97 Å². The maximum absolute atomic E-state index is 11.9. The van der Waals surface area contributed by atoms with Gasteiger partial charge in [0.1, 0.15) is 5.60 Å². The summed E-state index contributed by atoms with van der Waals surface area (Å²) in [4.78, 5) is 16.2. The average Bonchev–Trinajstić information content (AvgIpc) is 2.30. The molecule has 0 aromatic rings. The highest BCUT2D eigenvalue weighted by molar-refractivity contribution is 5.87. The lowest BCUT2D eigenvalue weighted by Gasteiger charge is -2.20. The first-order valence-corrected chi connectivity index (χ1v) is 7.12. The van der Waals surface area contributed by atoms with Crippen molar-refractivity contribution in [2.24, 2.45) is 0 Å². The van der Waals surface area contributed by atoms with Gasteiger partial charge in [-0.3, -0.25) is 0 Å². The van der Waals surface area contributed by atoms with E-state index >= 15 is 0 Å². The van der Waals surface area contributed by atoms with E-state index in [1.807, 2.05) is 6.92 Å². The van der Waals surface area contributed by atoms with Crippen LogP contribution in [0.3, 0.4) is 0 Å². The predicted octanol–water partition coefficient (Wildman–Crippen LogP) is 4.45. The van der Waals surface area contributed by atoms with Crippen molar-refractivity contribution in [2.75, 3.05) is 0 Å². The van der Waals surface area contributed by atoms with Crippen molar-refractivity contribution in [2.45, 2.75) is 78.7 Å². The summed E-state index contributed by atoms with van der Waals surface area (Å²) < 4.78 is 5.22. The molecule has 0 radical (unpaired) electrons. The fourth-order valence-corrected chi connectivity index (χ4v) is 1.79. The third-order valence-corrected chi connectivity index (χ3v) is 2.76. The molecule has 0 heterocycles. The van der Waals surface area contributed by atoms with E-state index in [0.717, 1.165) is 24.8 Å². The third kappa shape index (κ3) is 7.88. The number of ether oxygens (including phenoxy) is 1. The zero-order valence-electron chi connectivity index (χ0n) is 12.9. The van der Waals surface area contributed by atoms with Crippen LogP contribution in [-0.4, -0.2) is 16.8 Å². The van der Waals surface area contributed by atoms with E-state index in [9.17, 15) is 4.79 Å². The van der Waals surface area contributed by atoms with Crippen molar-refractivity contribution in [1.29, 1.82) is 0 Å². The van der Waals surface area contributed by atoms with Crippen LogP contribution >= 0.6 is 0 Å². The van der Waals surface area contributed by atoms with Gasteiger partial charge in [0.05, 0.1) is 0 Å². The number of hydrogen-bond acceptors (Lipinski definition) is 4. The highest BCUT2D eigenvalue weighted by atomic mass is 17.1. The molecule has 0 saturated carbocycles. The van der Waals surface area contributed by atoms with E-state index in [0.29, 0.717) is 6.42 Å². The molecular weight excluding hydrogens is 244 g/mol. The fraction of sp³-hybridized carbons (Fsp3) is 0.800. The van der Waals surface area contributed by atoms with Gasteiger partial charge in [-0.05, 0) is 45.6 Å². The molecule has 0 aliphatic heterocycles. The summed E-state index contributed by atoms with van der Waals surface area (Å²) in [6.45, 7) is 9.45. The second-order valence-electron chi connectivity index (χ2n) is 5.69. The highest BCUT2D eigenvalue weighted by Gasteiger charge is 2.24. The molecule has 0 unspecified atom stereocenters. The first kappa shape index (κ1) is 18.0. The Kier molecular flexibility index (Phi) is 8.48. The summed E-state index contributed by atoms with van der Waals surface area (Å²) in [5.74, 6) is -0.642. The van der Waals surface area contributed by atoms with Crippen LogP contribution in [-0.2, 0) is 14.4 Å². The standard InChI is InChI=1S/C15H28O4/c1-6-8-9-10-11-12(7-2)13(19-17)14(16)18-15(3,4)5/h17H,6-11H2,1-5H3. The summed E-state index contributed by atoms with van der Waals surface area (Å²) in [6.07, 6.45) is 5.88. The van der Waals surface area contributed by atoms with Gasteiger partial charge in [-0.25, -0.2) is 10.1 Å². The van der Waals surface area contributed by atoms with Crippen LogP contribution in [0.2, 0.25) is 0 Å². The van der Waals surface area contributed by atoms with Crippen LogP contribution in [0, 0.1) is 0 Å². The molecule has 0 aliphatic rings. The topological polar surface area (TPSA) is 55.8 Å². The lowest BCUT2D eigenvalue weighted by Crippen LogP contribution is -2.26. The minimum atomic E-state index is -0.595. The molecule has 19 heavy (non-hydrogen) atoms. The van der Waals surface area contributed by atoms with Crippen LogP contribution in [0.4, 0.5) is 0 Å². The number of hydrogen-bond donors (Lipinski definition) is 1. The Balaban J connectivity index is 4.70. The zero-order chi connectivity index (χ0) is 14.9. The Morgan fingerprint density at radius 2 is 1.74 bits per heavy atom. The molecule has 0 atom stereocenters. The molecular formula is C15H28O4. The average molecular weight is 272 g/mol. The van der Waals surface area contributed by atoms with E-state index in [2.05, 4.69) is 11.8 Å². The second-order valence-corrected chi connectivity index (χ2v) is 5.69. The van der Waals surface area contributed by atoms with Crippen LogP contribution in [0.1, 0.15) is 73.1 Å². The fourth-order valence-electron chi connectivity index (χ4n) is 1.79. The van der Waals surface area contributed by atoms with Gasteiger partial charge in [-0.1, -0.05) is 33.1 Å². The quantitative estimate of drug-likeness (QED) is 0.177. The molecule has 112 valence electrons. The van der Waals surface area contributed by atoms with Crippen LogP contribution in [0.15, 0.2) is 11.3 Å². The van der Waals surface area contributed by atoms with Gasteiger partial charge in [0.15, 0.2) is 0 Å². The van der Waals surface area contributed by atoms with E-state index in [-0.39, 0.29) is 5.76 Å². The summed E-state index contributed by atoms with van der Waals surface area (Å²) in [7, 11) is 0.